The van der Waals surface area contributed by atoms with E-state index in [0.29, 0.717) is 21.7 Å². The third-order valence-electron chi connectivity index (χ3n) is 4.05. The maximum absolute atomic E-state index is 12.3. The predicted octanol–water partition coefficient (Wildman–Crippen LogP) is 2.84. The molecule has 2 aromatic rings. The molecule has 2 N–H and O–H groups in total. The van der Waals surface area contributed by atoms with Crippen LogP contribution in [-0.4, -0.2) is 29.9 Å². The van der Waals surface area contributed by atoms with E-state index in [2.05, 4.69) is 10.1 Å². The van der Waals surface area contributed by atoms with Gasteiger partial charge in [0.25, 0.3) is 11.7 Å². The second kappa shape index (κ2) is 7.01. The van der Waals surface area contributed by atoms with Crippen molar-refractivity contribution < 1.29 is 24.2 Å². The number of benzene rings is 2. The summed E-state index contributed by atoms with van der Waals surface area (Å²) in [5.74, 6) is -2.41. The monoisotopic (exact) mass is 371 g/mol. The van der Waals surface area contributed by atoms with Crippen LogP contribution < -0.4 is 5.32 Å². The predicted molar refractivity (Wildman–Crippen MR) is 94.7 cm³/mol. The highest BCUT2D eigenvalue weighted by Gasteiger charge is 2.39. The molecule has 2 aromatic carbocycles. The van der Waals surface area contributed by atoms with Crippen molar-refractivity contribution in [3.8, 4) is 0 Å². The number of rotatable bonds is 3. The molecule has 1 saturated heterocycles. The van der Waals surface area contributed by atoms with Crippen molar-refractivity contribution in [3.05, 3.63) is 75.8 Å². The zero-order chi connectivity index (χ0) is 18.8. The summed E-state index contributed by atoms with van der Waals surface area (Å²) >= 11 is 5.84. The fourth-order valence-corrected chi connectivity index (χ4v) is 2.84. The lowest BCUT2D eigenvalue weighted by Crippen LogP contribution is -2.21. The fourth-order valence-electron chi connectivity index (χ4n) is 2.71. The van der Waals surface area contributed by atoms with Crippen LogP contribution in [0.25, 0.3) is 5.76 Å². The number of carbonyl (C=O) groups excluding carboxylic acids is 3. The van der Waals surface area contributed by atoms with E-state index in [1.54, 1.807) is 36.4 Å². The third kappa shape index (κ3) is 3.19. The second-order valence-electron chi connectivity index (χ2n) is 5.62. The van der Waals surface area contributed by atoms with Crippen molar-refractivity contribution in [2.75, 3.05) is 7.11 Å². The third-order valence-corrected chi connectivity index (χ3v) is 4.30. The lowest BCUT2D eigenvalue weighted by molar-refractivity contribution is -0.133. The zero-order valence-electron chi connectivity index (χ0n) is 13.7. The van der Waals surface area contributed by atoms with Gasteiger partial charge in [-0.1, -0.05) is 23.7 Å². The van der Waals surface area contributed by atoms with E-state index in [0.717, 1.165) is 0 Å². The molecule has 1 fully saturated rings. The Labute approximate surface area is 154 Å². The van der Waals surface area contributed by atoms with Crippen molar-refractivity contribution in [2.24, 2.45) is 0 Å². The molecule has 1 amide bonds. The number of ether oxygens (including phenoxy) is 1. The topological polar surface area (TPSA) is 92.7 Å². The number of esters is 1. The molecule has 0 radical (unpaired) electrons. The number of amides is 1. The summed E-state index contributed by atoms with van der Waals surface area (Å²) < 4.78 is 4.64. The molecular weight excluding hydrogens is 358 g/mol. The molecule has 1 heterocycles. The summed E-state index contributed by atoms with van der Waals surface area (Å²) in [6.45, 7) is 0. The number of methoxy groups -OCH3 is 1. The first kappa shape index (κ1) is 17.7. The summed E-state index contributed by atoms with van der Waals surface area (Å²) in [5.41, 5.74) is 1.19. The molecule has 0 aliphatic carbocycles. The normalized spacial score (nSPS) is 18.5. The van der Waals surface area contributed by atoms with E-state index >= 15 is 0 Å². The molecule has 26 heavy (non-hydrogen) atoms. The number of nitrogens with one attached hydrogen (secondary N) is 1. The molecule has 0 aromatic heterocycles. The van der Waals surface area contributed by atoms with Crippen LogP contribution in [0.15, 0.2) is 54.1 Å². The molecule has 132 valence electrons. The smallest absolute Gasteiger partial charge is 0.337 e. The van der Waals surface area contributed by atoms with Crippen LogP contribution in [0, 0.1) is 0 Å². The van der Waals surface area contributed by atoms with Gasteiger partial charge in [0.15, 0.2) is 0 Å². The van der Waals surface area contributed by atoms with Crippen LogP contribution in [0.3, 0.4) is 0 Å². The first-order chi connectivity index (χ1) is 12.4. The van der Waals surface area contributed by atoms with Crippen molar-refractivity contribution in [1.29, 1.82) is 0 Å². The largest absolute Gasteiger partial charge is 0.507 e. The molecule has 0 spiro atoms. The number of aliphatic hydroxyl groups is 1. The van der Waals surface area contributed by atoms with Gasteiger partial charge in [0.2, 0.25) is 0 Å². The van der Waals surface area contributed by atoms with Crippen molar-refractivity contribution in [3.63, 3.8) is 0 Å². The van der Waals surface area contributed by atoms with Crippen molar-refractivity contribution in [1.82, 2.24) is 5.32 Å². The Morgan fingerprint density at radius 1 is 1.04 bits per heavy atom. The lowest BCUT2D eigenvalue weighted by atomic mass is 9.95. The Morgan fingerprint density at radius 2 is 1.62 bits per heavy atom. The second-order valence-corrected chi connectivity index (χ2v) is 6.05. The Morgan fingerprint density at radius 3 is 2.19 bits per heavy atom. The molecule has 0 saturated carbocycles. The Balaban J connectivity index is 2.03. The van der Waals surface area contributed by atoms with Crippen LogP contribution in [0.1, 0.15) is 27.5 Å². The first-order valence-corrected chi connectivity index (χ1v) is 8.02. The lowest BCUT2D eigenvalue weighted by Gasteiger charge is -2.14. The van der Waals surface area contributed by atoms with Gasteiger partial charge in [-0.25, -0.2) is 4.79 Å². The van der Waals surface area contributed by atoms with E-state index in [1.807, 2.05) is 0 Å². The van der Waals surface area contributed by atoms with Gasteiger partial charge in [-0.3, -0.25) is 9.59 Å². The van der Waals surface area contributed by atoms with E-state index in [9.17, 15) is 19.5 Å². The quantitative estimate of drug-likeness (QED) is 0.374. The minimum atomic E-state index is -0.822. The van der Waals surface area contributed by atoms with Crippen LogP contribution in [0.4, 0.5) is 0 Å². The van der Waals surface area contributed by atoms with Gasteiger partial charge in [-0.15, -0.1) is 0 Å². The number of hydrogen-bond acceptors (Lipinski definition) is 5. The van der Waals surface area contributed by atoms with Crippen LogP contribution in [0.5, 0.6) is 0 Å². The molecule has 0 unspecified atom stereocenters. The highest BCUT2D eigenvalue weighted by molar-refractivity contribution is 6.46. The molecule has 1 atom stereocenters. The standard InChI is InChI=1S/C19H14ClNO5/c1-26-19(25)12-4-2-10(3-5-12)15-14(17(23)18(24)21-15)16(22)11-6-8-13(20)9-7-11/h2-9,15,22H,1H3,(H,21,24)/t15-/m1/s1. The Kier molecular flexibility index (Phi) is 4.77. The van der Waals surface area contributed by atoms with Crippen LogP contribution in [-0.2, 0) is 14.3 Å². The summed E-state index contributed by atoms with van der Waals surface area (Å²) in [7, 11) is 1.27. The maximum Gasteiger partial charge on any atom is 0.337 e. The molecular formula is C19H14ClNO5. The molecule has 7 heteroatoms. The van der Waals surface area contributed by atoms with E-state index < -0.39 is 23.7 Å². The van der Waals surface area contributed by atoms with Crippen molar-refractivity contribution >= 4 is 35.0 Å². The minimum absolute atomic E-state index is 0.0526. The fraction of sp³-hybridized carbons (Fsp3) is 0.105. The molecule has 1 aliphatic rings. The average Bonchev–Trinajstić information content (AvgIpc) is 2.96. The first-order valence-electron chi connectivity index (χ1n) is 7.65. The number of ketones is 1. The summed E-state index contributed by atoms with van der Waals surface area (Å²) in [6.07, 6.45) is 0. The van der Waals surface area contributed by atoms with E-state index in [-0.39, 0.29) is 11.3 Å². The highest BCUT2D eigenvalue weighted by Crippen LogP contribution is 2.33. The van der Waals surface area contributed by atoms with Gasteiger partial charge in [-0.05, 0) is 42.0 Å². The van der Waals surface area contributed by atoms with Gasteiger partial charge >= 0.3 is 5.97 Å². The number of hydrogen-bond donors (Lipinski definition) is 2. The minimum Gasteiger partial charge on any atom is -0.507 e. The average molecular weight is 372 g/mol. The van der Waals surface area contributed by atoms with E-state index in [4.69, 9.17) is 11.6 Å². The Hall–Kier alpha value is -3.12. The van der Waals surface area contributed by atoms with E-state index in [1.165, 1.54) is 19.2 Å². The van der Waals surface area contributed by atoms with Crippen LogP contribution in [0.2, 0.25) is 5.02 Å². The number of carbonyl (C=O) groups is 3. The highest BCUT2D eigenvalue weighted by atomic mass is 35.5. The number of Topliss-reactive ketones (excluding diaryl/α,β-unsaturated/α-hetero) is 1. The molecule has 6 nitrogen and oxygen atoms in total. The Bertz CT molecular complexity index is 916. The summed E-state index contributed by atoms with van der Waals surface area (Å²) in [6, 6.07) is 11.6. The number of halogens is 1. The van der Waals surface area contributed by atoms with Gasteiger partial charge in [0.1, 0.15) is 5.76 Å². The van der Waals surface area contributed by atoms with Crippen LogP contribution >= 0.6 is 11.6 Å². The molecule has 0 bridgehead atoms. The van der Waals surface area contributed by atoms with Crippen molar-refractivity contribution in [2.45, 2.75) is 6.04 Å². The van der Waals surface area contributed by atoms with Gasteiger partial charge < -0.3 is 15.2 Å². The summed E-state index contributed by atoms with van der Waals surface area (Å²) in [4.78, 5) is 35.7. The maximum atomic E-state index is 12.3. The van der Waals surface area contributed by atoms with Gasteiger partial charge in [0.05, 0.1) is 24.3 Å². The molecule has 1 aliphatic heterocycles. The van der Waals surface area contributed by atoms with Gasteiger partial charge in [0, 0.05) is 10.6 Å². The molecule has 3 rings (SSSR count). The summed E-state index contributed by atoms with van der Waals surface area (Å²) in [5, 5.41) is 13.6. The zero-order valence-corrected chi connectivity index (χ0v) is 14.4. The SMILES string of the molecule is COC(=O)c1ccc([C@H]2NC(=O)C(=O)C2=C(O)c2ccc(Cl)cc2)cc1. The van der Waals surface area contributed by atoms with Gasteiger partial charge in [-0.2, -0.15) is 0 Å². The number of aliphatic hydroxyl groups excluding tert-OH is 1.